The standard InChI is InChI=1S/C26H25FN4O3S/c1-16-13-30(14-17(2)34-16)26-28-25(32)23(35-26)12-19-15-31(20-7-5-4-6-8-20)29-24(19)18-9-10-22(33-3)21(27)11-18/h4-12,15-17H,13-14H2,1-3H3/b23-12-/t16-,17-/m0/s1. The van der Waals surface area contributed by atoms with Crippen LogP contribution >= 0.6 is 11.8 Å². The molecule has 1 amide bonds. The van der Waals surface area contributed by atoms with Crippen LogP contribution in [0.2, 0.25) is 0 Å². The highest BCUT2D eigenvalue weighted by molar-refractivity contribution is 8.18. The van der Waals surface area contributed by atoms with E-state index in [1.54, 1.807) is 22.9 Å². The van der Waals surface area contributed by atoms with E-state index >= 15 is 0 Å². The zero-order chi connectivity index (χ0) is 24.5. The van der Waals surface area contributed by atoms with E-state index in [0.717, 1.165) is 5.69 Å². The predicted molar refractivity (Wildman–Crippen MR) is 135 cm³/mol. The van der Waals surface area contributed by atoms with Crippen molar-refractivity contribution in [2.45, 2.75) is 26.1 Å². The number of rotatable bonds is 4. The van der Waals surface area contributed by atoms with Gasteiger partial charge in [-0.05, 0) is 62.0 Å². The number of amidine groups is 1. The molecule has 1 fully saturated rings. The first-order chi connectivity index (χ1) is 16.9. The molecule has 35 heavy (non-hydrogen) atoms. The molecule has 0 N–H and O–H groups in total. The molecule has 1 aromatic heterocycles. The minimum Gasteiger partial charge on any atom is -0.494 e. The highest BCUT2D eigenvalue weighted by Crippen LogP contribution is 2.35. The lowest BCUT2D eigenvalue weighted by Crippen LogP contribution is -2.47. The molecule has 0 aliphatic carbocycles. The lowest BCUT2D eigenvalue weighted by molar-refractivity contribution is -0.113. The number of para-hydroxylation sites is 1. The van der Waals surface area contributed by atoms with Crippen molar-refractivity contribution in [1.82, 2.24) is 14.7 Å². The second-order valence-electron chi connectivity index (χ2n) is 8.53. The van der Waals surface area contributed by atoms with Gasteiger partial charge in [-0.15, -0.1) is 0 Å². The van der Waals surface area contributed by atoms with Crippen molar-refractivity contribution >= 4 is 28.9 Å². The molecule has 3 aromatic rings. The number of amides is 1. The number of ether oxygens (including phenoxy) is 2. The zero-order valence-electron chi connectivity index (χ0n) is 19.6. The first-order valence-electron chi connectivity index (χ1n) is 11.3. The Morgan fingerprint density at radius 2 is 1.89 bits per heavy atom. The van der Waals surface area contributed by atoms with Gasteiger partial charge in [-0.2, -0.15) is 10.1 Å². The third-order valence-corrected chi connectivity index (χ3v) is 6.82. The fourth-order valence-corrected chi connectivity index (χ4v) is 5.17. The summed E-state index contributed by atoms with van der Waals surface area (Å²) in [6.45, 7) is 5.39. The van der Waals surface area contributed by atoms with Crippen molar-refractivity contribution in [1.29, 1.82) is 0 Å². The normalized spacial score (nSPS) is 21.5. The van der Waals surface area contributed by atoms with Gasteiger partial charge >= 0.3 is 0 Å². The number of aromatic nitrogens is 2. The molecule has 7 nitrogen and oxygen atoms in total. The smallest absolute Gasteiger partial charge is 0.286 e. The summed E-state index contributed by atoms with van der Waals surface area (Å²) in [6, 6.07) is 14.3. The summed E-state index contributed by atoms with van der Waals surface area (Å²) in [5, 5.41) is 5.40. The van der Waals surface area contributed by atoms with Crippen LogP contribution in [0.3, 0.4) is 0 Å². The Balaban J connectivity index is 1.51. The minimum absolute atomic E-state index is 0.0610. The number of thioether (sulfide) groups is 1. The Morgan fingerprint density at radius 1 is 1.14 bits per heavy atom. The number of methoxy groups -OCH3 is 1. The maximum Gasteiger partial charge on any atom is 0.286 e. The number of hydrogen-bond acceptors (Lipinski definition) is 6. The van der Waals surface area contributed by atoms with Gasteiger partial charge in [0.15, 0.2) is 16.7 Å². The maximum absolute atomic E-state index is 14.5. The topological polar surface area (TPSA) is 68.9 Å². The first-order valence-corrected chi connectivity index (χ1v) is 12.1. The minimum atomic E-state index is -0.481. The van der Waals surface area contributed by atoms with Crippen LogP contribution in [-0.4, -0.2) is 58.2 Å². The summed E-state index contributed by atoms with van der Waals surface area (Å²) < 4.78 is 27.1. The molecule has 0 unspecified atom stereocenters. The Hall–Kier alpha value is -3.43. The molecular formula is C26H25FN4O3S. The number of nitrogens with zero attached hydrogens (tertiary/aromatic N) is 4. The van der Waals surface area contributed by atoms with E-state index in [0.29, 0.717) is 40.0 Å². The summed E-state index contributed by atoms with van der Waals surface area (Å²) >= 11 is 1.34. The van der Waals surface area contributed by atoms with Crippen LogP contribution < -0.4 is 4.74 Å². The number of benzene rings is 2. The van der Waals surface area contributed by atoms with Gasteiger partial charge in [-0.3, -0.25) is 4.79 Å². The third-order valence-electron chi connectivity index (χ3n) is 5.77. The van der Waals surface area contributed by atoms with Gasteiger partial charge in [-0.1, -0.05) is 18.2 Å². The van der Waals surface area contributed by atoms with Crippen molar-refractivity contribution in [2.24, 2.45) is 4.99 Å². The monoisotopic (exact) mass is 492 g/mol. The molecule has 0 saturated carbocycles. The van der Waals surface area contributed by atoms with Crippen LogP contribution in [0.1, 0.15) is 19.4 Å². The van der Waals surface area contributed by atoms with Crippen molar-refractivity contribution in [3.63, 3.8) is 0 Å². The fourth-order valence-electron chi connectivity index (χ4n) is 4.25. The first kappa shape index (κ1) is 23.3. The Kier molecular flexibility index (Phi) is 6.44. The fraction of sp³-hybridized carbons (Fsp3) is 0.269. The average Bonchev–Trinajstić information content (AvgIpc) is 3.43. The molecule has 2 aromatic carbocycles. The Bertz CT molecular complexity index is 1310. The number of carbonyl (C=O) groups excluding carboxylic acids is 1. The molecular weight excluding hydrogens is 467 g/mol. The molecule has 180 valence electrons. The number of morpholine rings is 1. The van der Waals surface area contributed by atoms with E-state index < -0.39 is 5.82 Å². The van der Waals surface area contributed by atoms with Gasteiger partial charge in [0.1, 0.15) is 5.69 Å². The SMILES string of the molecule is COc1ccc(-c2nn(-c3ccccc3)cc2/C=C2\SC(N3C[C@H](C)O[C@@H](C)C3)=NC2=O)cc1F. The maximum atomic E-state index is 14.5. The summed E-state index contributed by atoms with van der Waals surface area (Å²) in [5.41, 5.74) is 2.68. The molecule has 0 radical (unpaired) electrons. The average molecular weight is 493 g/mol. The van der Waals surface area contributed by atoms with E-state index in [1.807, 2.05) is 50.4 Å². The van der Waals surface area contributed by atoms with Crippen molar-refractivity contribution in [2.75, 3.05) is 20.2 Å². The van der Waals surface area contributed by atoms with E-state index in [1.165, 1.54) is 24.9 Å². The van der Waals surface area contributed by atoms with Crippen LogP contribution in [0.4, 0.5) is 4.39 Å². The molecule has 5 rings (SSSR count). The molecule has 0 spiro atoms. The van der Waals surface area contributed by atoms with Crippen LogP contribution in [0.25, 0.3) is 23.0 Å². The molecule has 2 aliphatic rings. The van der Waals surface area contributed by atoms with E-state index in [2.05, 4.69) is 9.89 Å². The number of carbonyl (C=O) groups is 1. The highest BCUT2D eigenvalue weighted by atomic mass is 32.2. The third kappa shape index (κ3) is 4.87. The number of aliphatic imine (C=N–C) groups is 1. The lowest BCUT2D eigenvalue weighted by atomic mass is 10.1. The molecule has 9 heteroatoms. The Morgan fingerprint density at radius 3 is 2.57 bits per heavy atom. The van der Waals surface area contributed by atoms with Gasteiger partial charge < -0.3 is 14.4 Å². The lowest BCUT2D eigenvalue weighted by Gasteiger charge is -2.35. The quantitative estimate of drug-likeness (QED) is 0.489. The summed E-state index contributed by atoms with van der Waals surface area (Å²) in [7, 11) is 1.43. The number of halogens is 1. The van der Waals surface area contributed by atoms with E-state index in [4.69, 9.17) is 14.6 Å². The summed E-state index contributed by atoms with van der Waals surface area (Å²) in [4.78, 5) is 19.7. The van der Waals surface area contributed by atoms with Crippen LogP contribution in [0, 0.1) is 5.82 Å². The van der Waals surface area contributed by atoms with Crippen LogP contribution in [0.5, 0.6) is 5.75 Å². The Labute approximate surface area is 207 Å². The predicted octanol–water partition coefficient (Wildman–Crippen LogP) is 4.77. The molecule has 2 aliphatic heterocycles. The molecule has 2 atom stereocenters. The molecule has 3 heterocycles. The largest absolute Gasteiger partial charge is 0.494 e. The van der Waals surface area contributed by atoms with Gasteiger partial charge in [0, 0.05) is 30.4 Å². The zero-order valence-corrected chi connectivity index (χ0v) is 20.5. The van der Waals surface area contributed by atoms with E-state index in [9.17, 15) is 9.18 Å². The van der Waals surface area contributed by atoms with Crippen LogP contribution in [0.15, 0.2) is 64.6 Å². The highest BCUT2D eigenvalue weighted by Gasteiger charge is 2.31. The second kappa shape index (κ2) is 9.67. The van der Waals surface area contributed by atoms with Crippen molar-refractivity contribution < 1.29 is 18.7 Å². The van der Waals surface area contributed by atoms with Crippen LogP contribution in [-0.2, 0) is 9.53 Å². The molecule has 0 bridgehead atoms. The van der Waals surface area contributed by atoms with Gasteiger partial charge in [-0.25, -0.2) is 9.07 Å². The van der Waals surface area contributed by atoms with Crippen molar-refractivity contribution in [3.05, 3.63) is 71.0 Å². The van der Waals surface area contributed by atoms with Gasteiger partial charge in [0.2, 0.25) is 0 Å². The summed E-state index contributed by atoms with van der Waals surface area (Å²) in [5.74, 6) is -0.619. The van der Waals surface area contributed by atoms with Gasteiger partial charge in [0.05, 0.1) is 29.9 Å². The second-order valence-corrected chi connectivity index (χ2v) is 9.54. The van der Waals surface area contributed by atoms with E-state index in [-0.39, 0.29) is 23.9 Å². The number of hydrogen-bond donors (Lipinski definition) is 0. The van der Waals surface area contributed by atoms with Crippen molar-refractivity contribution in [3.8, 4) is 22.7 Å². The summed E-state index contributed by atoms with van der Waals surface area (Å²) in [6.07, 6.45) is 3.74. The molecule has 1 saturated heterocycles. The van der Waals surface area contributed by atoms with Gasteiger partial charge in [0.25, 0.3) is 5.91 Å².